The number of carbonyl (C=O) groups is 2. The Morgan fingerprint density at radius 2 is 2.04 bits per heavy atom. The van der Waals surface area contributed by atoms with Crippen molar-refractivity contribution in [2.24, 2.45) is 0 Å². The van der Waals surface area contributed by atoms with E-state index in [1.54, 1.807) is 19.1 Å². The Kier molecular flexibility index (Phi) is 6.48. The molecule has 1 N–H and O–H groups in total. The standard InChI is InChI=1S/C17H14Cl2N2O4S/c1-8-11(7-20)16(26-14(8)17(23)24-3)21-15(22)9(2)25-13-5-4-10(18)6-12(13)19/h4-6,9H,1-3H3,(H,21,22). The van der Waals surface area contributed by atoms with E-state index in [4.69, 9.17) is 27.9 Å². The van der Waals surface area contributed by atoms with Crippen molar-refractivity contribution in [3.05, 3.63) is 44.2 Å². The van der Waals surface area contributed by atoms with Crippen LogP contribution < -0.4 is 10.1 Å². The molecule has 1 atom stereocenters. The van der Waals surface area contributed by atoms with Crippen molar-refractivity contribution in [1.82, 2.24) is 0 Å². The molecule has 9 heteroatoms. The highest BCUT2D eigenvalue weighted by Crippen LogP contribution is 2.33. The molecule has 136 valence electrons. The van der Waals surface area contributed by atoms with Crippen LogP contribution >= 0.6 is 34.5 Å². The summed E-state index contributed by atoms with van der Waals surface area (Å²) in [6.45, 7) is 3.15. The molecule has 0 aliphatic rings. The van der Waals surface area contributed by atoms with Crippen molar-refractivity contribution in [3.8, 4) is 11.8 Å². The van der Waals surface area contributed by atoms with Crippen LogP contribution in [0.1, 0.15) is 27.7 Å². The number of hydrogen-bond donors (Lipinski definition) is 1. The molecule has 2 aromatic rings. The van der Waals surface area contributed by atoms with Gasteiger partial charge in [-0.1, -0.05) is 23.2 Å². The van der Waals surface area contributed by atoms with Crippen LogP contribution in [-0.2, 0) is 9.53 Å². The Morgan fingerprint density at radius 3 is 2.62 bits per heavy atom. The molecular formula is C17H14Cl2N2O4S. The highest BCUT2D eigenvalue weighted by molar-refractivity contribution is 7.18. The van der Waals surface area contributed by atoms with Crippen molar-refractivity contribution in [2.75, 3.05) is 12.4 Å². The fourth-order valence-electron chi connectivity index (χ4n) is 2.05. The summed E-state index contributed by atoms with van der Waals surface area (Å²) in [5.41, 5.74) is 0.662. The maximum atomic E-state index is 12.4. The molecule has 0 aliphatic heterocycles. The molecule has 0 bridgehead atoms. The predicted octanol–water partition coefficient (Wildman–Crippen LogP) is 4.43. The van der Waals surface area contributed by atoms with Crippen LogP contribution in [0.15, 0.2) is 18.2 Å². The summed E-state index contributed by atoms with van der Waals surface area (Å²) in [4.78, 5) is 24.4. The summed E-state index contributed by atoms with van der Waals surface area (Å²) in [5.74, 6) is -0.760. The topological polar surface area (TPSA) is 88.4 Å². The molecule has 1 heterocycles. The number of halogens is 2. The minimum Gasteiger partial charge on any atom is -0.479 e. The van der Waals surface area contributed by atoms with Crippen LogP contribution in [0.25, 0.3) is 0 Å². The van der Waals surface area contributed by atoms with Gasteiger partial charge in [0.05, 0.1) is 17.7 Å². The van der Waals surface area contributed by atoms with Gasteiger partial charge in [-0.2, -0.15) is 5.26 Å². The first kappa shape index (κ1) is 20.0. The van der Waals surface area contributed by atoms with Gasteiger partial charge in [0.1, 0.15) is 21.7 Å². The van der Waals surface area contributed by atoms with E-state index < -0.39 is 18.0 Å². The van der Waals surface area contributed by atoms with Crippen LogP contribution in [0.3, 0.4) is 0 Å². The van der Waals surface area contributed by atoms with Gasteiger partial charge in [0.2, 0.25) is 0 Å². The molecule has 1 amide bonds. The second-order valence-corrected chi connectivity index (χ2v) is 7.05. The number of amides is 1. The number of thiophene rings is 1. The summed E-state index contributed by atoms with van der Waals surface area (Å²) in [6.07, 6.45) is -0.899. The van der Waals surface area contributed by atoms with Gasteiger partial charge in [-0.15, -0.1) is 11.3 Å². The molecule has 1 unspecified atom stereocenters. The van der Waals surface area contributed by atoms with Crippen LogP contribution in [0.2, 0.25) is 10.0 Å². The normalized spacial score (nSPS) is 11.4. The molecule has 2 rings (SSSR count). The molecule has 1 aromatic heterocycles. The second kappa shape index (κ2) is 8.41. The third kappa shape index (κ3) is 4.28. The number of nitrogens with one attached hydrogen (secondary N) is 1. The SMILES string of the molecule is COC(=O)c1sc(NC(=O)C(C)Oc2ccc(Cl)cc2Cl)c(C#N)c1C. The lowest BCUT2D eigenvalue weighted by Gasteiger charge is -2.15. The fourth-order valence-corrected chi connectivity index (χ4v) is 3.58. The summed E-state index contributed by atoms with van der Waals surface area (Å²) in [7, 11) is 1.25. The Balaban J connectivity index is 2.19. The third-order valence-electron chi connectivity index (χ3n) is 3.43. The zero-order valence-corrected chi connectivity index (χ0v) is 16.4. The molecule has 0 spiro atoms. The van der Waals surface area contributed by atoms with Crippen molar-refractivity contribution in [3.63, 3.8) is 0 Å². The molecule has 26 heavy (non-hydrogen) atoms. The Labute approximate surface area is 164 Å². The highest BCUT2D eigenvalue weighted by atomic mass is 35.5. The van der Waals surface area contributed by atoms with Gasteiger partial charge in [0.25, 0.3) is 5.91 Å². The maximum Gasteiger partial charge on any atom is 0.348 e. The number of nitriles is 1. The molecule has 0 aliphatic carbocycles. The van der Waals surface area contributed by atoms with Gasteiger partial charge in [0, 0.05) is 5.02 Å². The van der Waals surface area contributed by atoms with E-state index in [9.17, 15) is 14.9 Å². The Morgan fingerprint density at radius 1 is 1.35 bits per heavy atom. The molecular weight excluding hydrogens is 399 g/mol. The predicted molar refractivity (Wildman–Crippen MR) is 100 cm³/mol. The molecule has 6 nitrogen and oxygen atoms in total. The first-order valence-corrected chi connectivity index (χ1v) is 8.90. The van der Waals surface area contributed by atoms with Crippen molar-refractivity contribution in [1.29, 1.82) is 5.26 Å². The quantitative estimate of drug-likeness (QED) is 0.733. The van der Waals surface area contributed by atoms with E-state index in [0.717, 1.165) is 11.3 Å². The number of nitrogens with zero attached hydrogens (tertiary/aromatic N) is 1. The summed E-state index contributed by atoms with van der Waals surface area (Å²) < 4.78 is 10.2. The van der Waals surface area contributed by atoms with Crippen LogP contribution in [0.5, 0.6) is 5.75 Å². The van der Waals surface area contributed by atoms with Gasteiger partial charge in [0.15, 0.2) is 6.10 Å². The molecule has 0 saturated carbocycles. The third-order valence-corrected chi connectivity index (χ3v) is 5.15. The van der Waals surface area contributed by atoms with Gasteiger partial charge in [-0.3, -0.25) is 4.79 Å². The summed E-state index contributed by atoms with van der Waals surface area (Å²) in [6, 6.07) is 6.63. The number of methoxy groups -OCH3 is 1. The van der Waals surface area contributed by atoms with Crippen molar-refractivity contribution >= 4 is 51.4 Å². The van der Waals surface area contributed by atoms with Gasteiger partial charge in [-0.05, 0) is 37.6 Å². The average molecular weight is 413 g/mol. The molecule has 0 radical (unpaired) electrons. The minimum atomic E-state index is -0.899. The first-order chi connectivity index (χ1) is 12.3. The van der Waals surface area contributed by atoms with E-state index in [1.807, 2.05) is 6.07 Å². The van der Waals surface area contributed by atoms with Crippen LogP contribution in [-0.4, -0.2) is 25.1 Å². The summed E-state index contributed by atoms with van der Waals surface area (Å²) >= 11 is 12.8. The maximum absolute atomic E-state index is 12.4. The van der Waals surface area contributed by atoms with E-state index in [0.29, 0.717) is 16.3 Å². The lowest BCUT2D eigenvalue weighted by atomic mass is 10.2. The van der Waals surface area contributed by atoms with Crippen LogP contribution in [0, 0.1) is 18.3 Å². The average Bonchev–Trinajstić information content (AvgIpc) is 2.91. The Bertz CT molecular complexity index is 905. The summed E-state index contributed by atoms with van der Waals surface area (Å²) in [5, 5.41) is 12.9. The lowest BCUT2D eigenvalue weighted by molar-refractivity contribution is -0.122. The van der Waals surface area contributed by atoms with E-state index >= 15 is 0 Å². The molecule has 1 aromatic carbocycles. The minimum absolute atomic E-state index is 0.209. The lowest BCUT2D eigenvalue weighted by Crippen LogP contribution is -2.30. The van der Waals surface area contributed by atoms with Gasteiger partial charge in [-0.25, -0.2) is 4.79 Å². The number of hydrogen-bond acceptors (Lipinski definition) is 6. The number of esters is 1. The number of rotatable bonds is 5. The number of benzene rings is 1. The number of carbonyl (C=O) groups excluding carboxylic acids is 2. The smallest absolute Gasteiger partial charge is 0.348 e. The van der Waals surface area contributed by atoms with E-state index in [-0.39, 0.29) is 20.5 Å². The first-order valence-electron chi connectivity index (χ1n) is 7.32. The highest BCUT2D eigenvalue weighted by Gasteiger charge is 2.24. The Hall–Kier alpha value is -2.27. The monoisotopic (exact) mass is 412 g/mol. The zero-order chi connectivity index (χ0) is 19.4. The van der Waals surface area contributed by atoms with E-state index in [2.05, 4.69) is 10.1 Å². The van der Waals surface area contributed by atoms with Gasteiger partial charge >= 0.3 is 5.97 Å². The fraction of sp³-hybridized carbons (Fsp3) is 0.235. The largest absolute Gasteiger partial charge is 0.479 e. The van der Waals surface area contributed by atoms with Crippen LogP contribution in [0.4, 0.5) is 5.00 Å². The second-order valence-electron chi connectivity index (χ2n) is 5.19. The van der Waals surface area contributed by atoms with Crippen molar-refractivity contribution in [2.45, 2.75) is 20.0 Å². The molecule has 0 saturated heterocycles. The van der Waals surface area contributed by atoms with E-state index in [1.165, 1.54) is 20.1 Å². The number of anilines is 1. The molecule has 0 fully saturated rings. The van der Waals surface area contributed by atoms with Crippen molar-refractivity contribution < 1.29 is 19.1 Å². The number of ether oxygens (including phenoxy) is 2. The zero-order valence-electron chi connectivity index (χ0n) is 14.1. The van der Waals surface area contributed by atoms with Gasteiger partial charge < -0.3 is 14.8 Å².